The van der Waals surface area contributed by atoms with Crippen molar-refractivity contribution in [3.05, 3.63) is 29.6 Å². The average molecular weight is 333 g/mol. The number of nitrogens with one attached hydrogen (secondary N) is 2. The third kappa shape index (κ3) is 3.91. The van der Waals surface area contributed by atoms with Crippen LogP contribution in [0.4, 0.5) is 28.0 Å². The van der Waals surface area contributed by atoms with Gasteiger partial charge < -0.3 is 15.5 Å². The molecule has 9 heteroatoms. The maximum atomic E-state index is 13.6. The van der Waals surface area contributed by atoms with Crippen molar-refractivity contribution < 1.29 is 27.2 Å². The fourth-order valence-electron chi connectivity index (χ4n) is 2.35. The monoisotopic (exact) mass is 333 g/mol. The minimum absolute atomic E-state index is 0.131. The highest BCUT2D eigenvalue weighted by Crippen LogP contribution is 2.32. The summed E-state index contributed by atoms with van der Waals surface area (Å²) in [6.45, 7) is 0.399. The van der Waals surface area contributed by atoms with Crippen molar-refractivity contribution in [3.8, 4) is 0 Å². The van der Waals surface area contributed by atoms with Crippen LogP contribution in [-0.2, 0) is 11.0 Å². The Balaban J connectivity index is 2.08. The number of nitrogens with zero attached hydrogens (tertiary/aromatic N) is 1. The Morgan fingerprint density at radius 3 is 2.61 bits per heavy atom. The number of amides is 3. The molecule has 0 aromatic heterocycles. The summed E-state index contributed by atoms with van der Waals surface area (Å²) < 4.78 is 51.5. The van der Waals surface area contributed by atoms with Gasteiger partial charge in [0.25, 0.3) is 0 Å². The van der Waals surface area contributed by atoms with Crippen molar-refractivity contribution in [3.63, 3.8) is 0 Å². The molecular weight excluding hydrogens is 318 g/mol. The van der Waals surface area contributed by atoms with Crippen LogP contribution in [0.15, 0.2) is 18.2 Å². The molecule has 2 N–H and O–H groups in total. The lowest BCUT2D eigenvalue weighted by molar-refractivity contribution is -0.137. The number of rotatable bonds is 2. The SMILES string of the molecule is CNC(=O)[C@@H]1CCN(C(=O)Nc2cc(C(F)(F)F)ccc2F)C1. The third-order valence-electron chi connectivity index (χ3n) is 3.63. The van der Waals surface area contributed by atoms with Crippen LogP contribution in [-0.4, -0.2) is 37.0 Å². The summed E-state index contributed by atoms with van der Waals surface area (Å²) in [5, 5.41) is 4.59. The van der Waals surface area contributed by atoms with Crippen LogP contribution in [0.2, 0.25) is 0 Å². The van der Waals surface area contributed by atoms with Crippen LogP contribution in [0.3, 0.4) is 0 Å². The number of halogens is 4. The smallest absolute Gasteiger partial charge is 0.359 e. The summed E-state index contributed by atoms with van der Waals surface area (Å²) in [5.41, 5.74) is -1.60. The molecule has 1 atom stereocenters. The fraction of sp³-hybridized carbons (Fsp3) is 0.429. The van der Waals surface area contributed by atoms with Crippen LogP contribution in [0.25, 0.3) is 0 Å². The number of anilines is 1. The highest BCUT2D eigenvalue weighted by molar-refractivity contribution is 5.90. The summed E-state index contributed by atoms with van der Waals surface area (Å²) >= 11 is 0. The van der Waals surface area contributed by atoms with Gasteiger partial charge in [0, 0.05) is 20.1 Å². The number of benzene rings is 1. The van der Waals surface area contributed by atoms with Gasteiger partial charge in [0.05, 0.1) is 17.2 Å². The molecule has 1 aromatic carbocycles. The zero-order valence-electron chi connectivity index (χ0n) is 12.2. The lowest BCUT2D eigenvalue weighted by Crippen LogP contribution is -2.35. The van der Waals surface area contributed by atoms with E-state index >= 15 is 0 Å². The van der Waals surface area contributed by atoms with Gasteiger partial charge >= 0.3 is 12.2 Å². The molecule has 2 rings (SSSR count). The van der Waals surface area contributed by atoms with E-state index in [-0.39, 0.29) is 24.9 Å². The molecule has 1 aliphatic heterocycles. The second-order valence-electron chi connectivity index (χ2n) is 5.17. The Morgan fingerprint density at radius 1 is 1.30 bits per heavy atom. The van der Waals surface area contributed by atoms with E-state index in [2.05, 4.69) is 10.6 Å². The van der Waals surface area contributed by atoms with Gasteiger partial charge in [0.2, 0.25) is 5.91 Å². The molecule has 5 nitrogen and oxygen atoms in total. The van der Waals surface area contributed by atoms with Crippen molar-refractivity contribution >= 4 is 17.6 Å². The maximum Gasteiger partial charge on any atom is 0.416 e. The first-order valence-electron chi connectivity index (χ1n) is 6.86. The number of hydrogen-bond acceptors (Lipinski definition) is 2. The normalized spacial score (nSPS) is 18.0. The Bertz CT molecular complexity index is 619. The predicted molar refractivity (Wildman–Crippen MR) is 74.2 cm³/mol. The Morgan fingerprint density at radius 2 is 2.00 bits per heavy atom. The number of urea groups is 1. The predicted octanol–water partition coefficient (Wildman–Crippen LogP) is 2.44. The molecule has 1 heterocycles. The van der Waals surface area contributed by atoms with E-state index in [1.807, 2.05) is 0 Å². The lowest BCUT2D eigenvalue weighted by atomic mass is 10.1. The van der Waals surface area contributed by atoms with Gasteiger partial charge in [-0.25, -0.2) is 9.18 Å². The molecule has 0 spiro atoms. The highest BCUT2D eigenvalue weighted by atomic mass is 19.4. The summed E-state index contributed by atoms with van der Waals surface area (Å²) in [7, 11) is 1.48. The molecule has 0 bridgehead atoms. The van der Waals surface area contributed by atoms with Crippen molar-refractivity contribution in [2.45, 2.75) is 12.6 Å². The van der Waals surface area contributed by atoms with Crippen molar-refractivity contribution in [2.75, 3.05) is 25.5 Å². The van der Waals surface area contributed by atoms with E-state index in [0.717, 1.165) is 0 Å². The molecule has 1 aromatic rings. The van der Waals surface area contributed by atoms with Crippen LogP contribution in [0.1, 0.15) is 12.0 Å². The minimum atomic E-state index is -4.63. The quantitative estimate of drug-likeness (QED) is 0.817. The Kier molecular flexibility index (Phi) is 4.76. The van der Waals surface area contributed by atoms with E-state index in [9.17, 15) is 27.2 Å². The molecule has 126 valence electrons. The topological polar surface area (TPSA) is 61.4 Å². The minimum Gasteiger partial charge on any atom is -0.359 e. The number of hydrogen-bond donors (Lipinski definition) is 2. The zero-order valence-corrected chi connectivity index (χ0v) is 12.2. The van der Waals surface area contributed by atoms with Crippen LogP contribution >= 0.6 is 0 Å². The number of alkyl halides is 3. The molecule has 0 aliphatic carbocycles. The van der Waals surface area contributed by atoms with Crippen molar-refractivity contribution in [1.29, 1.82) is 0 Å². The van der Waals surface area contributed by atoms with Gasteiger partial charge in [0.1, 0.15) is 5.82 Å². The number of carbonyl (C=O) groups is 2. The molecule has 3 amide bonds. The van der Waals surface area contributed by atoms with E-state index < -0.39 is 29.3 Å². The largest absolute Gasteiger partial charge is 0.416 e. The Labute approximate surface area is 129 Å². The number of likely N-dealkylation sites (tertiary alicyclic amines) is 1. The van der Waals surface area contributed by atoms with Gasteiger partial charge in [-0.05, 0) is 24.6 Å². The van der Waals surface area contributed by atoms with E-state index in [1.54, 1.807) is 0 Å². The van der Waals surface area contributed by atoms with Gasteiger partial charge in [-0.15, -0.1) is 0 Å². The third-order valence-corrected chi connectivity index (χ3v) is 3.63. The second kappa shape index (κ2) is 6.43. The molecule has 1 fully saturated rings. The first-order chi connectivity index (χ1) is 10.7. The van der Waals surface area contributed by atoms with Crippen molar-refractivity contribution in [1.82, 2.24) is 10.2 Å². The van der Waals surface area contributed by atoms with Gasteiger partial charge in [-0.3, -0.25) is 4.79 Å². The zero-order chi connectivity index (χ0) is 17.2. The van der Waals surface area contributed by atoms with Gasteiger partial charge in [-0.1, -0.05) is 0 Å². The van der Waals surface area contributed by atoms with E-state index in [1.165, 1.54) is 11.9 Å². The average Bonchev–Trinajstić information content (AvgIpc) is 2.97. The molecule has 0 saturated carbocycles. The molecule has 23 heavy (non-hydrogen) atoms. The van der Waals surface area contributed by atoms with Crippen molar-refractivity contribution in [2.24, 2.45) is 5.92 Å². The van der Waals surface area contributed by atoms with Gasteiger partial charge in [-0.2, -0.15) is 13.2 Å². The summed E-state index contributed by atoms with van der Waals surface area (Å²) in [4.78, 5) is 24.8. The molecular formula is C14H15F4N3O2. The lowest BCUT2D eigenvalue weighted by Gasteiger charge is -2.18. The number of carbonyl (C=O) groups excluding carboxylic acids is 2. The maximum absolute atomic E-state index is 13.6. The molecule has 0 radical (unpaired) electrons. The first kappa shape index (κ1) is 17.0. The second-order valence-corrected chi connectivity index (χ2v) is 5.17. The highest BCUT2D eigenvalue weighted by Gasteiger charge is 2.33. The van der Waals surface area contributed by atoms with E-state index in [0.29, 0.717) is 24.6 Å². The van der Waals surface area contributed by atoms with Crippen LogP contribution in [0.5, 0.6) is 0 Å². The standard InChI is InChI=1S/C14H15F4N3O2/c1-19-12(22)8-4-5-21(7-8)13(23)20-11-6-9(14(16,17)18)2-3-10(11)15/h2-3,6,8H,4-5,7H2,1H3,(H,19,22)(H,20,23)/t8-/m1/s1. The molecule has 1 saturated heterocycles. The van der Waals surface area contributed by atoms with Gasteiger partial charge in [0.15, 0.2) is 0 Å². The Hall–Kier alpha value is -2.32. The molecule has 0 unspecified atom stereocenters. The molecule has 1 aliphatic rings. The summed E-state index contributed by atoms with van der Waals surface area (Å²) in [5.74, 6) is -1.56. The van der Waals surface area contributed by atoms with Crippen LogP contribution < -0.4 is 10.6 Å². The van der Waals surface area contributed by atoms with E-state index in [4.69, 9.17) is 0 Å². The first-order valence-corrected chi connectivity index (χ1v) is 6.86. The fourth-order valence-corrected chi connectivity index (χ4v) is 2.35. The van der Waals surface area contributed by atoms with Crippen LogP contribution in [0, 0.1) is 11.7 Å². The summed E-state index contributed by atoms with van der Waals surface area (Å²) in [6, 6.07) is 1.05. The summed E-state index contributed by atoms with van der Waals surface area (Å²) in [6.07, 6.45) is -4.19.